The Morgan fingerprint density at radius 3 is 2.39 bits per heavy atom. The maximum Gasteiger partial charge on any atom is 0.256 e. The molecule has 2 amide bonds. The number of amidine groups is 1. The van der Waals surface area contributed by atoms with E-state index in [4.69, 9.17) is 9.41 Å². The molecular weight excluding hydrogens is 540 g/mol. The summed E-state index contributed by atoms with van der Waals surface area (Å²) in [6.45, 7) is 2.45. The first kappa shape index (κ1) is 26.4. The van der Waals surface area contributed by atoms with E-state index in [1.54, 1.807) is 6.26 Å². The van der Waals surface area contributed by atoms with Crippen LogP contribution in [0.15, 0.2) is 64.2 Å². The van der Waals surface area contributed by atoms with Crippen molar-refractivity contribution in [3.63, 3.8) is 0 Å². The maximum absolute atomic E-state index is 14.1. The number of rotatable bonds is 6. The smallest absolute Gasteiger partial charge is 0.256 e. The minimum atomic E-state index is -3.33. The standard InChI is InChI=1S/C31H34N4O5S/c1-41(38,39)34-15-12-31(13-16-34)30(37)35(20-21-10-14-33(19-21)29(36)24-6-7-24)28(32-31)23-4-2-22(3-5-23)25-8-9-27-26(18-25)11-17-40-27/h2-5,8-9,11,17-18,21,24H,6-7,10,12-16,19-20H2,1H3/t21-/m1/s1. The number of furan rings is 1. The molecule has 3 aliphatic heterocycles. The summed E-state index contributed by atoms with van der Waals surface area (Å²) in [5, 5.41) is 1.04. The molecule has 3 aromatic rings. The van der Waals surface area contributed by atoms with Crippen molar-refractivity contribution in [1.82, 2.24) is 14.1 Å². The molecule has 1 atom stereocenters. The minimum absolute atomic E-state index is 0.0536. The Hall–Kier alpha value is -3.50. The van der Waals surface area contributed by atoms with Gasteiger partial charge >= 0.3 is 0 Å². The van der Waals surface area contributed by atoms with E-state index in [0.29, 0.717) is 31.8 Å². The van der Waals surface area contributed by atoms with Crippen molar-refractivity contribution in [2.45, 2.75) is 37.6 Å². The van der Waals surface area contributed by atoms with Gasteiger partial charge in [0, 0.05) is 49.6 Å². The minimum Gasteiger partial charge on any atom is -0.464 e. The van der Waals surface area contributed by atoms with Crippen molar-refractivity contribution in [3.05, 3.63) is 60.4 Å². The molecule has 4 aliphatic rings. The number of sulfonamides is 1. The van der Waals surface area contributed by atoms with Gasteiger partial charge in [-0.3, -0.25) is 19.5 Å². The van der Waals surface area contributed by atoms with Crippen LogP contribution in [0.3, 0.4) is 0 Å². The van der Waals surface area contributed by atoms with Gasteiger partial charge < -0.3 is 9.32 Å². The third-order valence-corrected chi connectivity index (χ3v) is 10.4. The number of piperidine rings is 1. The van der Waals surface area contributed by atoms with Crippen LogP contribution >= 0.6 is 0 Å². The van der Waals surface area contributed by atoms with Gasteiger partial charge in [-0.1, -0.05) is 30.3 Å². The Labute approximate surface area is 239 Å². The molecule has 41 heavy (non-hydrogen) atoms. The highest BCUT2D eigenvalue weighted by atomic mass is 32.2. The van der Waals surface area contributed by atoms with Crippen LogP contribution in [0.25, 0.3) is 22.1 Å². The van der Waals surface area contributed by atoms with Gasteiger partial charge in [0.1, 0.15) is 17.0 Å². The molecule has 10 heteroatoms. The normalized spacial score (nSPS) is 23.1. The zero-order chi connectivity index (χ0) is 28.4. The summed E-state index contributed by atoms with van der Waals surface area (Å²) in [4.78, 5) is 35.6. The molecule has 2 aromatic carbocycles. The summed E-state index contributed by atoms with van der Waals surface area (Å²) in [6, 6.07) is 16.1. The molecule has 0 bridgehead atoms. The average molecular weight is 575 g/mol. The Morgan fingerprint density at radius 1 is 0.976 bits per heavy atom. The molecule has 0 radical (unpaired) electrons. The second-order valence-electron chi connectivity index (χ2n) is 12.0. The molecule has 0 N–H and O–H groups in total. The highest BCUT2D eigenvalue weighted by Crippen LogP contribution is 2.38. The quantitative estimate of drug-likeness (QED) is 0.446. The predicted octanol–water partition coefficient (Wildman–Crippen LogP) is 3.74. The van der Waals surface area contributed by atoms with Gasteiger partial charge in [0.05, 0.1) is 12.5 Å². The lowest BCUT2D eigenvalue weighted by Crippen LogP contribution is -2.51. The van der Waals surface area contributed by atoms with E-state index >= 15 is 0 Å². The molecule has 0 unspecified atom stereocenters. The third kappa shape index (κ3) is 4.86. The number of fused-ring (bicyclic) bond motifs is 1. The summed E-state index contributed by atoms with van der Waals surface area (Å²) in [5.41, 5.74) is 2.87. The fourth-order valence-electron chi connectivity index (χ4n) is 6.55. The molecule has 3 fully saturated rings. The first-order chi connectivity index (χ1) is 19.7. The first-order valence-electron chi connectivity index (χ1n) is 14.4. The van der Waals surface area contributed by atoms with Crippen LogP contribution in [0.5, 0.6) is 0 Å². The molecule has 1 aromatic heterocycles. The van der Waals surface area contributed by atoms with Crippen LogP contribution in [-0.2, 0) is 19.6 Å². The van der Waals surface area contributed by atoms with E-state index in [1.165, 1.54) is 10.6 Å². The molecule has 1 spiro atoms. The molecule has 1 saturated carbocycles. The van der Waals surface area contributed by atoms with Crippen LogP contribution in [0.1, 0.15) is 37.7 Å². The van der Waals surface area contributed by atoms with Crippen LogP contribution in [0, 0.1) is 11.8 Å². The van der Waals surface area contributed by atoms with E-state index in [2.05, 4.69) is 6.07 Å². The second kappa shape index (κ2) is 9.80. The Morgan fingerprint density at radius 2 is 1.68 bits per heavy atom. The van der Waals surface area contributed by atoms with Crippen LogP contribution in [0.2, 0.25) is 0 Å². The second-order valence-corrected chi connectivity index (χ2v) is 14.0. The zero-order valence-corrected chi connectivity index (χ0v) is 24.0. The van der Waals surface area contributed by atoms with Crippen molar-refractivity contribution >= 4 is 38.6 Å². The van der Waals surface area contributed by atoms with Gasteiger partial charge in [-0.25, -0.2) is 12.7 Å². The number of hydrogen-bond acceptors (Lipinski definition) is 6. The van der Waals surface area contributed by atoms with E-state index in [1.807, 2.05) is 52.3 Å². The molecule has 4 heterocycles. The van der Waals surface area contributed by atoms with Crippen molar-refractivity contribution in [3.8, 4) is 11.1 Å². The fourth-order valence-corrected chi connectivity index (χ4v) is 7.39. The van der Waals surface area contributed by atoms with Gasteiger partial charge in [0.25, 0.3) is 5.91 Å². The largest absolute Gasteiger partial charge is 0.464 e. The Kier molecular flexibility index (Phi) is 6.31. The summed E-state index contributed by atoms with van der Waals surface area (Å²) >= 11 is 0. The maximum atomic E-state index is 14.1. The molecule has 2 saturated heterocycles. The third-order valence-electron chi connectivity index (χ3n) is 9.13. The molecule has 1 aliphatic carbocycles. The summed E-state index contributed by atoms with van der Waals surface area (Å²) in [6.07, 6.45) is 6.45. The highest BCUT2D eigenvalue weighted by molar-refractivity contribution is 7.88. The van der Waals surface area contributed by atoms with Gasteiger partial charge in [0.15, 0.2) is 0 Å². The Bertz CT molecular complexity index is 1650. The van der Waals surface area contributed by atoms with Crippen LogP contribution in [-0.4, -0.2) is 84.7 Å². The van der Waals surface area contributed by atoms with E-state index in [-0.39, 0.29) is 36.7 Å². The number of nitrogens with zero attached hydrogens (tertiary/aromatic N) is 4. The average Bonchev–Trinajstić information content (AvgIpc) is 3.43. The molecular formula is C31H34N4O5S. The van der Waals surface area contributed by atoms with E-state index in [0.717, 1.165) is 53.5 Å². The Balaban J connectivity index is 1.16. The SMILES string of the molecule is CS(=O)(=O)N1CCC2(CC1)N=C(c1ccc(-c3ccc4occc4c3)cc1)N(C[C@@H]1CCN(C(=O)C3CC3)C1)C2=O. The summed E-state index contributed by atoms with van der Waals surface area (Å²) in [5.74, 6) is 1.21. The number of carbonyl (C=O) groups excluding carboxylic acids is 2. The van der Waals surface area contributed by atoms with Crippen molar-refractivity contribution in [2.75, 3.05) is 39.0 Å². The van der Waals surface area contributed by atoms with Gasteiger partial charge in [-0.05, 0) is 67.3 Å². The van der Waals surface area contributed by atoms with Gasteiger partial charge in [-0.2, -0.15) is 0 Å². The van der Waals surface area contributed by atoms with Crippen LogP contribution < -0.4 is 0 Å². The number of aliphatic imine (C=N–C) groups is 1. The number of likely N-dealkylation sites (tertiary alicyclic amines) is 1. The van der Waals surface area contributed by atoms with Crippen molar-refractivity contribution < 1.29 is 22.4 Å². The first-order valence-corrected chi connectivity index (χ1v) is 16.3. The van der Waals surface area contributed by atoms with E-state index in [9.17, 15) is 18.0 Å². The monoisotopic (exact) mass is 574 g/mol. The molecule has 7 rings (SSSR count). The van der Waals surface area contributed by atoms with Crippen LogP contribution in [0.4, 0.5) is 0 Å². The predicted molar refractivity (Wildman–Crippen MR) is 156 cm³/mol. The lowest BCUT2D eigenvalue weighted by Gasteiger charge is -2.35. The number of benzene rings is 2. The number of hydrogen-bond donors (Lipinski definition) is 0. The summed E-state index contributed by atoms with van der Waals surface area (Å²) < 4.78 is 31.2. The summed E-state index contributed by atoms with van der Waals surface area (Å²) in [7, 11) is -3.33. The molecule has 214 valence electrons. The zero-order valence-electron chi connectivity index (χ0n) is 23.2. The van der Waals surface area contributed by atoms with Crippen molar-refractivity contribution in [2.24, 2.45) is 16.8 Å². The fraction of sp³-hybridized carbons (Fsp3) is 0.452. The van der Waals surface area contributed by atoms with E-state index < -0.39 is 15.6 Å². The van der Waals surface area contributed by atoms with Crippen molar-refractivity contribution in [1.29, 1.82) is 0 Å². The number of amides is 2. The number of carbonyl (C=O) groups is 2. The molecule has 9 nitrogen and oxygen atoms in total. The van der Waals surface area contributed by atoms with Gasteiger partial charge in [0.2, 0.25) is 15.9 Å². The lowest BCUT2D eigenvalue weighted by atomic mass is 9.88. The van der Waals surface area contributed by atoms with Gasteiger partial charge in [-0.15, -0.1) is 0 Å². The highest BCUT2D eigenvalue weighted by Gasteiger charge is 2.51. The topological polar surface area (TPSA) is 104 Å². The lowest BCUT2D eigenvalue weighted by molar-refractivity contribution is -0.132.